The zero-order chi connectivity index (χ0) is 19.1. The number of carbonyl (C=O) groups is 2. The van der Waals surface area contributed by atoms with E-state index in [0.29, 0.717) is 12.8 Å². The highest BCUT2D eigenvalue weighted by atomic mass is 16.6. The summed E-state index contributed by atoms with van der Waals surface area (Å²) in [5, 5.41) is 10.0. The molecule has 5 heteroatoms. The number of nitrogens with zero attached hydrogens (tertiary/aromatic N) is 1. The van der Waals surface area contributed by atoms with E-state index in [9.17, 15) is 14.9 Å². The van der Waals surface area contributed by atoms with Gasteiger partial charge >= 0.3 is 11.9 Å². The molecule has 0 fully saturated rings. The van der Waals surface area contributed by atoms with Crippen LogP contribution in [-0.4, -0.2) is 24.1 Å². The molecule has 0 aromatic rings. The Balaban J connectivity index is 6.22. The summed E-state index contributed by atoms with van der Waals surface area (Å²) in [5.74, 6) is -2.48. The van der Waals surface area contributed by atoms with Gasteiger partial charge in [-0.05, 0) is 39.5 Å². The van der Waals surface area contributed by atoms with Crippen LogP contribution in [0.25, 0.3) is 0 Å². The number of ether oxygens (including phenoxy) is 2. The van der Waals surface area contributed by atoms with E-state index in [2.05, 4.69) is 6.07 Å². The predicted molar refractivity (Wildman–Crippen MR) is 92.9 cm³/mol. The van der Waals surface area contributed by atoms with Gasteiger partial charge in [0.1, 0.15) is 0 Å². The summed E-state index contributed by atoms with van der Waals surface area (Å²) in [7, 11) is 0. The van der Waals surface area contributed by atoms with Crippen molar-refractivity contribution in [1.29, 1.82) is 5.26 Å². The lowest BCUT2D eigenvalue weighted by Gasteiger charge is -2.39. The summed E-state index contributed by atoms with van der Waals surface area (Å²) >= 11 is 0. The summed E-state index contributed by atoms with van der Waals surface area (Å²) in [6.07, 6.45) is 0.585. The van der Waals surface area contributed by atoms with Crippen molar-refractivity contribution in [2.75, 3.05) is 0 Å². The summed E-state index contributed by atoms with van der Waals surface area (Å²) < 4.78 is 10.8. The molecular weight excluding hydrogens is 306 g/mol. The Morgan fingerprint density at radius 2 is 1.46 bits per heavy atom. The van der Waals surface area contributed by atoms with Crippen LogP contribution in [0, 0.1) is 34.5 Å². The molecule has 4 unspecified atom stereocenters. The fourth-order valence-corrected chi connectivity index (χ4v) is 2.90. The molecule has 0 saturated heterocycles. The topological polar surface area (TPSA) is 76.4 Å². The number of hydrogen-bond acceptors (Lipinski definition) is 5. The Labute approximate surface area is 146 Å². The van der Waals surface area contributed by atoms with E-state index in [1.54, 1.807) is 27.7 Å². The molecular formula is C19H33NO4. The predicted octanol–water partition coefficient (Wildman–Crippen LogP) is 4.11. The van der Waals surface area contributed by atoms with Crippen LogP contribution < -0.4 is 0 Å². The molecule has 0 amide bonds. The second-order valence-electron chi connectivity index (χ2n) is 7.09. The third-order valence-electron chi connectivity index (χ3n) is 4.56. The third-order valence-corrected chi connectivity index (χ3v) is 4.56. The largest absolute Gasteiger partial charge is 0.463 e. The molecule has 0 radical (unpaired) electrons. The molecule has 0 rings (SSSR count). The first kappa shape index (κ1) is 22.4. The van der Waals surface area contributed by atoms with Crippen LogP contribution in [0.3, 0.4) is 0 Å². The Kier molecular flexibility index (Phi) is 9.03. The van der Waals surface area contributed by atoms with Crippen molar-refractivity contribution in [2.24, 2.45) is 23.2 Å². The summed E-state index contributed by atoms with van der Waals surface area (Å²) in [4.78, 5) is 25.7. The maximum atomic E-state index is 12.9. The van der Waals surface area contributed by atoms with Gasteiger partial charge in [0.25, 0.3) is 0 Å². The van der Waals surface area contributed by atoms with Crippen LogP contribution in [0.5, 0.6) is 0 Å². The van der Waals surface area contributed by atoms with Gasteiger partial charge in [-0.1, -0.05) is 40.5 Å². The van der Waals surface area contributed by atoms with Crippen LogP contribution in [-0.2, 0) is 19.1 Å². The molecule has 0 heterocycles. The lowest BCUT2D eigenvalue weighted by molar-refractivity contribution is -0.176. The second-order valence-corrected chi connectivity index (χ2v) is 7.09. The van der Waals surface area contributed by atoms with Crippen LogP contribution in [0.4, 0.5) is 0 Å². The first-order valence-corrected chi connectivity index (χ1v) is 8.91. The van der Waals surface area contributed by atoms with Crippen molar-refractivity contribution < 1.29 is 19.1 Å². The van der Waals surface area contributed by atoms with Gasteiger partial charge in [-0.25, -0.2) is 0 Å². The fraction of sp³-hybridized carbons (Fsp3) is 0.842. The number of nitriles is 1. The van der Waals surface area contributed by atoms with E-state index in [4.69, 9.17) is 9.47 Å². The molecule has 0 spiro atoms. The first-order chi connectivity index (χ1) is 11.1. The first-order valence-electron chi connectivity index (χ1n) is 8.91. The van der Waals surface area contributed by atoms with E-state index in [-0.39, 0.29) is 24.0 Å². The van der Waals surface area contributed by atoms with Crippen LogP contribution >= 0.6 is 0 Å². The highest BCUT2D eigenvalue weighted by molar-refractivity contribution is 5.88. The van der Waals surface area contributed by atoms with Crippen LogP contribution in [0.2, 0.25) is 0 Å². The third kappa shape index (κ3) is 4.96. The Morgan fingerprint density at radius 3 is 1.79 bits per heavy atom. The molecule has 0 N–H and O–H groups in total. The quantitative estimate of drug-likeness (QED) is 0.591. The second kappa shape index (κ2) is 9.66. The zero-order valence-corrected chi connectivity index (χ0v) is 16.4. The van der Waals surface area contributed by atoms with Gasteiger partial charge < -0.3 is 9.47 Å². The molecule has 0 bridgehead atoms. The minimum atomic E-state index is -1.54. The van der Waals surface area contributed by atoms with E-state index >= 15 is 0 Å². The van der Waals surface area contributed by atoms with Gasteiger partial charge in [0, 0.05) is 0 Å². The van der Waals surface area contributed by atoms with Gasteiger partial charge in [0.05, 0.1) is 24.2 Å². The van der Waals surface area contributed by atoms with E-state index < -0.39 is 23.3 Å². The molecule has 24 heavy (non-hydrogen) atoms. The summed E-state index contributed by atoms with van der Waals surface area (Å²) in [6.45, 7) is 14.5. The van der Waals surface area contributed by atoms with Crippen molar-refractivity contribution in [3.8, 4) is 6.07 Å². The molecule has 0 saturated carbocycles. The van der Waals surface area contributed by atoms with Crippen molar-refractivity contribution >= 4 is 11.9 Å². The Hall–Kier alpha value is -1.57. The number of hydrogen-bond donors (Lipinski definition) is 0. The van der Waals surface area contributed by atoms with Gasteiger partial charge in [-0.15, -0.1) is 0 Å². The average molecular weight is 339 g/mol. The van der Waals surface area contributed by atoms with Crippen LogP contribution in [0.15, 0.2) is 0 Å². The standard InChI is InChI=1S/C19H33NO4/c1-9-14(7)16(17(21)23-12(3)4)19(11-20,15(8)10-2)18(22)24-13(5)6/h12-16H,9-10H2,1-8H3. The molecule has 138 valence electrons. The molecule has 5 nitrogen and oxygen atoms in total. The Bertz CT molecular complexity index is 466. The van der Waals surface area contributed by atoms with Crippen molar-refractivity contribution in [2.45, 2.75) is 80.4 Å². The number of carbonyl (C=O) groups excluding carboxylic acids is 2. The Morgan fingerprint density at radius 1 is 0.958 bits per heavy atom. The van der Waals surface area contributed by atoms with Crippen molar-refractivity contribution in [1.82, 2.24) is 0 Å². The average Bonchev–Trinajstić information content (AvgIpc) is 2.49. The zero-order valence-electron chi connectivity index (χ0n) is 16.4. The lowest BCUT2D eigenvalue weighted by Crippen LogP contribution is -2.51. The van der Waals surface area contributed by atoms with Gasteiger partial charge in [-0.2, -0.15) is 5.26 Å². The maximum Gasteiger partial charge on any atom is 0.327 e. The number of rotatable bonds is 9. The highest BCUT2D eigenvalue weighted by Crippen LogP contribution is 2.44. The van der Waals surface area contributed by atoms with Crippen molar-refractivity contribution in [3.63, 3.8) is 0 Å². The molecule has 0 aliphatic heterocycles. The SMILES string of the molecule is CCC(C)C(C(=O)OC(C)C)C(C#N)(C(=O)OC(C)C)C(C)CC. The van der Waals surface area contributed by atoms with Gasteiger partial charge in [0.15, 0.2) is 5.41 Å². The van der Waals surface area contributed by atoms with E-state index in [1.165, 1.54) is 0 Å². The van der Waals surface area contributed by atoms with Crippen LogP contribution in [0.1, 0.15) is 68.2 Å². The fourth-order valence-electron chi connectivity index (χ4n) is 2.90. The maximum absolute atomic E-state index is 12.9. The summed E-state index contributed by atoms with van der Waals surface area (Å²) in [6, 6.07) is 2.17. The summed E-state index contributed by atoms with van der Waals surface area (Å²) in [5.41, 5.74) is -1.54. The van der Waals surface area contributed by atoms with Crippen molar-refractivity contribution in [3.05, 3.63) is 0 Å². The smallest absolute Gasteiger partial charge is 0.327 e. The molecule has 0 aromatic carbocycles. The lowest BCUT2D eigenvalue weighted by atomic mass is 9.62. The minimum Gasteiger partial charge on any atom is -0.463 e. The van der Waals surface area contributed by atoms with Gasteiger partial charge in [0.2, 0.25) is 0 Å². The molecule has 4 atom stereocenters. The molecule has 0 aromatic heterocycles. The molecule has 0 aliphatic carbocycles. The van der Waals surface area contributed by atoms with E-state index in [0.717, 1.165) is 0 Å². The molecule has 0 aliphatic rings. The number of esters is 2. The minimum absolute atomic E-state index is 0.176. The normalized spacial score (nSPS) is 17.5. The monoisotopic (exact) mass is 339 g/mol. The van der Waals surface area contributed by atoms with Gasteiger partial charge in [-0.3, -0.25) is 9.59 Å². The van der Waals surface area contributed by atoms with E-state index in [1.807, 2.05) is 27.7 Å². The highest BCUT2D eigenvalue weighted by Gasteiger charge is 2.57.